The minimum Gasteiger partial charge on any atom is -0.490 e. The molecule has 0 radical (unpaired) electrons. The number of rotatable bonds is 7. The van der Waals surface area contributed by atoms with E-state index in [-0.39, 0.29) is 6.61 Å². The molecule has 3 amide bonds. The van der Waals surface area contributed by atoms with Crippen LogP contribution in [0.25, 0.3) is 0 Å². The van der Waals surface area contributed by atoms with Crippen molar-refractivity contribution in [1.29, 1.82) is 0 Å². The lowest BCUT2D eigenvalue weighted by Crippen LogP contribution is -2.24. The van der Waals surface area contributed by atoms with Gasteiger partial charge >= 0.3 is 6.03 Å². The van der Waals surface area contributed by atoms with E-state index in [0.717, 1.165) is 0 Å². The Labute approximate surface area is 129 Å². The Morgan fingerprint density at radius 3 is 2.57 bits per heavy atom. The number of nitrogens with two attached hydrogens (primary N) is 2. The quantitative estimate of drug-likeness (QED) is 0.489. The molecule has 0 bridgehead atoms. The molecule has 0 saturated heterocycles. The van der Waals surface area contributed by atoms with Crippen molar-refractivity contribution in [3.05, 3.63) is 22.2 Å². The molecule has 0 aliphatic carbocycles. The van der Waals surface area contributed by atoms with Crippen molar-refractivity contribution < 1.29 is 19.1 Å². The Kier molecular flexibility index (Phi) is 6.47. The lowest BCUT2D eigenvalue weighted by Gasteiger charge is -2.12. The molecule has 0 heterocycles. The maximum atomic E-state index is 10.8. The van der Waals surface area contributed by atoms with Crippen molar-refractivity contribution in [2.75, 3.05) is 13.2 Å². The zero-order valence-corrected chi connectivity index (χ0v) is 12.8. The van der Waals surface area contributed by atoms with Crippen molar-refractivity contribution >= 4 is 34.1 Å². The van der Waals surface area contributed by atoms with Crippen LogP contribution in [0.5, 0.6) is 11.5 Å². The molecule has 0 aliphatic heterocycles. The number of hydrazone groups is 1. The summed E-state index contributed by atoms with van der Waals surface area (Å²) in [5.41, 5.74) is 12.6. The number of hydrogen-bond donors (Lipinski definition) is 3. The molecule has 0 aliphatic rings. The van der Waals surface area contributed by atoms with Crippen molar-refractivity contribution in [3.8, 4) is 11.5 Å². The van der Waals surface area contributed by atoms with Gasteiger partial charge in [-0.3, -0.25) is 4.79 Å². The summed E-state index contributed by atoms with van der Waals surface area (Å²) in [6, 6.07) is 2.48. The van der Waals surface area contributed by atoms with Crippen LogP contribution in [0.2, 0.25) is 0 Å². The molecule has 0 atom stereocenters. The van der Waals surface area contributed by atoms with E-state index in [1.54, 1.807) is 12.1 Å². The van der Waals surface area contributed by atoms with E-state index in [1.165, 1.54) is 6.21 Å². The molecule has 1 aromatic carbocycles. The zero-order valence-electron chi connectivity index (χ0n) is 11.3. The summed E-state index contributed by atoms with van der Waals surface area (Å²) in [5.74, 6) is 0.190. The molecule has 21 heavy (non-hydrogen) atoms. The Balaban J connectivity index is 3.01. The smallest absolute Gasteiger partial charge is 0.332 e. The molecule has 0 saturated carbocycles. The first kappa shape index (κ1) is 16.8. The van der Waals surface area contributed by atoms with Crippen LogP contribution in [-0.4, -0.2) is 31.4 Å². The SMILES string of the molecule is CCOc1cc(/C=N/NC(N)=O)c(Br)cc1OCC(N)=O. The van der Waals surface area contributed by atoms with Gasteiger partial charge in [-0.05, 0) is 35.0 Å². The standard InChI is InChI=1S/C12H15BrN4O4/c1-2-20-9-3-7(5-16-17-12(15)19)8(13)4-10(9)21-6-11(14)18/h3-5H,2,6H2,1H3,(H2,14,18)(H3,15,17,19)/b16-5+. The van der Waals surface area contributed by atoms with Crippen LogP contribution in [0.4, 0.5) is 4.79 Å². The third-order valence-corrected chi connectivity index (χ3v) is 2.80. The van der Waals surface area contributed by atoms with Crippen LogP contribution < -0.4 is 26.4 Å². The lowest BCUT2D eigenvalue weighted by atomic mass is 10.2. The monoisotopic (exact) mass is 358 g/mol. The highest BCUT2D eigenvalue weighted by Crippen LogP contribution is 2.33. The van der Waals surface area contributed by atoms with E-state index < -0.39 is 11.9 Å². The van der Waals surface area contributed by atoms with E-state index in [1.807, 2.05) is 6.92 Å². The number of halogens is 1. The number of carbonyl (C=O) groups excluding carboxylic acids is 2. The first-order valence-electron chi connectivity index (χ1n) is 5.90. The summed E-state index contributed by atoms with van der Waals surface area (Å²) in [6.45, 7) is 1.95. The molecule has 1 aromatic rings. The summed E-state index contributed by atoms with van der Waals surface area (Å²) < 4.78 is 11.3. The summed E-state index contributed by atoms with van der Waals surface area (Å²) in [5, 5.41) is 3.66. The Hall–Kier alpha value is -2.29. The number of urea groups is 1. The van der Waals surface area contributed by atoms with E-state index >= 15 is 0 Å². The summed E-state index contributed by atoms with van der Waals surface area (Å²) in [4.78, 5) is 21.3. The topological polar surface area (TPSA) is 129 Å². The van der Waals surface area contributed by atoms with Gasteiger partial charge in [0.2, 0.25) is 0 Å². The maximum Gasteiger partial charge on any atom is 0.332 e. The Morgan fingerprint density at radius 1 is 1.33 bits per heavy atom. The number of carbonyl (C=O) groups is 2. The molecular formula is C12H15BrN4O4. The van der Waals surface area contributed by atoms with Crippen LogP contribution in [-0.2, 0) is 4.79 Å². The third kappa shape index (κ3) is 5.69. The van der Waals surface area contributed by atoms with E-state index in [2.05, 4.69) is 26.5 Å². The molecule has 0 spiro atoms. The fraction of sp³-hybridized carbons (Fsp3) is 0.250. The number of ether oxygens (including phenoxy) is 2. The van der Waals surface area contributed by atoms with Crippen LogP contribution in [0.1, 0.15) is 12.5 Å². The second kappa shape index (κ2) is 8.10. The van der Waals surface area contributed by atoms with Crippen LogP contribution in [0.15, 0.2) is 21.7 Å². The minimum atomic E-state index is -0.770. The summed E-state index contributed by atoms with van der Waals surface area (Å²) in [6.07, 6.45) is 1.38. The lowest BCUT2D eigenvalue weighted by molar-refractivity contribution is -0.119. The molecule has 9 heteroatoms. The van der Waals surface area contributed by atoms with E-state index in [0.29, 0.717) is 28.1 Å². The maximum absolute atomic E-state index is 10.8. The van der Waals surface area contributed by atoms with Gasteiger partial charge in [0.25, 0.3) is 5.91 Å². The highest BCUT2D eigenvalue weighted by molar-refractivity contribution is 9.10. The first-order chi connectivity index (χ1) is 9.93. The Bertz CT molecular complexity index is 562. The molecular weight excluding hydrogens is 344 g/mol. The van der Waals surface area contributed by atoms with E-state index in [4.69, 9.17) is 20.9 Å². The summed E-state index contributed by atoms with van der Waals surface area (Å²) >= 11 is 3.32. The van der Waals surface area contributed by atoms with Gasteiger partial charge in [0, 0.05) is 10.0 Å². The predicted octanol–water partition coefficient (Wildman–Crippen LogP) is 0.714. The second-order valence-electron chi connectivity index (χ2n) is 3.74. The van der Waals surface area contributed by atoms with Gasteiger partial charge < -0.3 is 20.9 Å². The van der Waals surface area contributed by atoms with Crippen molar-refractivity contribution in [2.45, 2.75) is 6.92 Å². The fourth-order valence-corrected chi connectivity index (χ4v) is 1.77. The van der Waals surface area contributed by atoms with Crippen LogP contribution >= 0.6 is 15.9 Å². The van der Waals surface area contributed by atoms with Crippen LogP contribution in [0, 0.1) is 0 Å². The number of amides is 3. The summed E-state index contributed by atoms with van der Waals surface area (Å²) in [7, 11) is 0. The number of nitrogens with one attached hydrogen (secondary N) is 1. The molecule has 1 rings (SSSR count). The van der Waals surface area contributed by atoms with Gasteiger partial charge in [-0.1, -0.05) is 0 Å². The van der Waals surface area contributed by atoms with Gasteiger partial charge in [-0.15, -0.1) is 0 Å². The molecule has 0 aromatic heterocycles. The number of benzene rings is 1. The molecule has 0 unspecified atom stereocenters. The van der Waals surface area contributed by atoms with Crippen molar-refractivity contribution in [3.63, 3.8) is 0 Å². The van der Waals surface area contributed by atoms with Gasteiger partial charge in [0.1, 0.15) is 0 Å². The average molecular weight is 359 g/mol. The largest absolute Gasteiger partial charge is 0.490 e. The molecule has 0 fully saturated rings. The molecule has 5 N–H and O–H groups in total. The average Bonchev–Trinajstić information content (AvgIpc) is 2.40. The molecule has 8 nitrogen and oxygen atoms in total. The minimum absolute atomic E-state index is 0.261. The number of hydrogen-bond acceptors (Lipinski definition) is 5. The zero-order chi connectivity index (χ0) is 15.8. The van der Waals surface area contributed by atoms with Crippen LogP contribution in [0.3, 0.4) is 0 Å². The number of nitrogens with zero attached hydrogens (tertiary/aromatic N) is 1. The first-order valence-corrected chi connectivity index (χ1v) is 6.69. The van der Waals surface area contributed by atoms with Gasteiger partial charge in [-0.25, -0.2) is 10.2 Å². The van der Waals surface area contributed by atoms with Gasteiger partial charge in [0.05, 0.1) is 12.8 Å². The predicted molar refractivity (Wildman–Crippen MR) is 80.3 cm³/mol. The van der Waals surface area contributed by atoms with E-state index in [9.17, 15) is 9.59 Å². The third-order valence-electron chi connectivity index (χ3n) is 2.11. The van der Waals surface area contributed by atoms with Crippen molar-refractivity contribution in [2.24, 2.45) is 16.6 Å². The van der Waals surface area contributed by atoms with Gasteiger partial charge in [-0.2, -0.15) is 5.10 Å². The van der Waals surface area contributed by atoms with Gasteiger partial charge in [0.15, 0.2) is 18.1 Å². The van der Waals surface area contributed by atoms with Crippen molar-refractivity contribution in [1.82, 2.24) is 5.43 Å². The molecule has 114 valence electrons. The highest BCUT2D eigenvalue weighted by atomic mass is 79.9. The Morgan fingerprint density at radius 2 is 2.00 bits per heavy atom. The fourth-order valence-electron chi connectivity index (χ4n) is 1.35. The normalized spacial score (nSPS) is 10.4. The highest BCUT2D eigenvalue weighted by Gasteiger charge is 2.11. The number of primary amides is 2. The second-order valence-corrected chi connectivity index (χ2v) is 4.60.